The topological polar surface area (TPSA) is 177 Å². The van der Waals surface area contributed by atoms with Crippen molar-refractivity contribution in [3.05, 3.63) is 24.3 Å². The Balaban J connectivity index is 2.38. The third kappa shape index (κ3) is 22.7. The molecule has 1 aliphatic carbocycles. The third-order valence-electron chi connectivity index (χ3n) is 8.60. The average Bonchev–Trinajstić information content (AvgIpc) is 3.30. The van der Waals surface area contributed by atoms with E-state index in [9.17, 15) is 29.2 Å². The minimum Gasteiger partial charge on any atom is -0.462 e. The number of phosphoric ester groups is 1. The van der Waals surface area contributed by atoms with Gasteiger partial charge < -0.3 is 29.5 Å². The lowest BCUT2D eigenvalue weighted by Gasteiger charge is -2.18. The zero-order chi connectivity index (χ0) is 35.6. The van der Waals surface area contributed by atoms with E-state index in [0.29, 0.717) is 32.1 Å². The summed E-state index contributed by atoms with van der Waals surface area (Å²) >= 11 is 0. The molecule has 0 bridgehead atoms. The maximum absolute atomic E-state index is 12.4. The van der Waals surface area contributed by atoms with Crippen molar-refractivity contribution in [1.82, 2.24) is 0 Å². The highest BCUT2D eigenvalue weighted by atomic mass is 31.2. The highest BCUT2D eigenvalue weighted by molar-refractivity contribution is 7.46. The first-order valence-corrected chi connectivity index (χ1v) is 19.8. The van der Waals surface area contributed by atoms with Crippen molar-refractivity contribution >= 4 is 25.5 Å². The molecule has 5 atom stereocenters. The van der Waals surface area contributed by atoms with Crippen LogP contribution < -0.4 is 0 Å². The summed E-state index contributed by atoms with van der Waals surface area (Å²) in [4.78, 5) is 55.2. The van der Waals surface area contributed by atoms with Gasteiger partial charge in [-0.2, -0.15) is 0 Å². The van der Waals surface area contributed by atoms with Crippen molar-refractivity contribution < 1.29 is 52.9 Å². The number of hydrogen-bond donors (Lipinski definition) is 4. The fourth-order valence-corrected chi connectivity index (χ4v) is 6.13. The van der Waals surface area contributed by atoms with Gasteiger partial charge in [0.15, 0.2) is 6.10 Å². The minimum atomic E-state index is -4.81. The first-order chi connectivity index (χ1) is 23.0. The number of rotatable bonds is 29. The van der Waals surface area contributed by atoms with Crippen molar-refractivity contribution in [3.63, 3.8) is 0 Å². The lowest BCUT2D eigenvalue weighted by Crippen LogP contribution is -2.29. The van der Waals surface area contributed by atoms with Crippen LogP contribution in [-0.2, 0) is 32.9 Å². The molecule has 12 heteroatoms. The van der Waals surface area contributed by atoms with Gasteiger partial charge in [-0.1, -0.05) is 115 Å². The van der Waals surface area contributed by atoms with Gasteiger partial charge >= 0.3 is 19.8 Å². The van der Waals surface area contributed by atoms with Crippen LogP contribution in [0.2, 0.25) is 0 Å². The van der Waals surface area contributed by atoms with E-state index in [1.165, 1.54) is 38.5 Å². The molecule has 0 aliphatic heterocycles. The van der Waals surface area contributed by atoms with Crippen LogP contribution in [0.3, 0.4) is 0 Å². The van der Waals surface area contributed by atoms with Crippen molar-refractivity contribution in [2.24, 2.45) is 11.8 Å². The van der Waals surface area contributed by atoms with Gasteiger partial charge in [0.2, 0.25) is 0 Å². The van der Waals surface area contributed by atoms with Gasteiger partial charge in [-0.05, 0) is 32.1 Å². The number of Topliss-reactive ketones (excluding diaryl/α,β-unsaturated/α-hetero) is 1. The highest BCUT2D eigenvalue weighted by Gasteiger charge is 2.39. The van der Waals surface area contributed by atoms with Crippen LogP contribution in [0, 0.1) is 11.8 Å². The number of unbranched alkanes of at least 4 members (excludes halogenated alkanes) is 12. The summed E-state index contributed by atoms with van der Waals surface area (Å²) in [5.74, 6) is -1.82. The Bertz CT molecular complexity index is 992. The van der Waals surface area contributed by atoms with Gasteiger partial charge in [-0.3, -0.25) is 18.9 Å². The normalized spacial score (nSPS) is 19.7. The number of phosphoric acid groups is 1. The van der Waals surface area contributed by atoms with E-state index in [1.807, 2.05) is 12.2 Å². The van der Waals surface area contributed by atoms with E-state index in [-0.39, 0.29) is 37.6 Å². The zero-order valence-corrected chi connectivity index (χ0v) is 30.2. The molecular formula is C36H63O11P. The molecule has 48 heavy (non-hydrogen) atoms. The minimum absolute atomic E-state index is 0.0327. The molecule has 11 nitrogen and oxygen atoms in total. The van der Waals surface area contributed by atoms with Crippen LogP contribution in [-0.4, -0.2) is 69.2 Å². The van der Waals surface area contributed by atoms with Gasteiger partial charge in [0.1, 0.15) is 12.4 Å². The fourth-order valence-electron chi connectivity index (χ4n) is 5.76. The Hall–Kier alpha value is -1.88. The summed E-state index contributed by atoms with van der Waals surface area (Å²) in [6.45, 7) is 3.31. The molecule has 0 heterocycles. The molecule has 1 rings (SSSR count). The molecule has 0 radical (unpaired) electrons. The lowest BCUT2D eigenvalue weighted by atomic mass is 9.90. The monoisotopic (exact) mass is 702 g/mol. The lowest BCUT2D eigenvalue weighted by molar-refractivity contribution is -0.161. The highest BCUT2D eigenvalue weighted by Crippen LogP contribution is 2.36. The van der Waals surface area contributed by atoms with Crippen molar-refractivity contribution in [2.75, 3.05) is 13.2 Å². The molecule has 0 aromatic carbocycles. The van der Waals surface area contributed by atoms with Crippen LogP contribution in [0.15, 0.2) is 24.3 Å². The second kappa shape index (κ2) is 26.9. The molecule has 0 aromatic heterocycles. The van der Waals surface area contributed by atoms with E-state index in [4.69, 9.17) is 19.3 Å². The fraction of sp³-hybridized carbons (Fsp3) is 0.806. The molecule has 0 spiro atoms. The Labute approximate surface area is 288 Å². The largest absolute Gasteiger partial charge is 0.469 e. The van der Waals surface area contributed by atoms with E-state index in [1.54, 1.807) is 12.2 Å². The Kier molecular flexibility index (Phi) is 24.8. The average molecular weight is 703 g/mol. The standard InChI is InChI=1S/C36H63O11P/c1-3-5-7-8-9-10-11-12-13-19-23-36(41)47-30(28-46-48(42,43)44)27-45-35(40)22-18-15-14-17-21-31-32(34(39)26-33(31)38)25-24-29(37)20-16-6-4-2/h14,17,24-25,29-33,37-38H,3-13,15-16,18-23,26-28H2,1-2H3,(H2,42,43,44)/b17-14-,25-24+/t29-,30+,31+,32+,33-/m0/s1. The van der Waals surface area contributed by atoms with Crippen LogP contribution in [0.4, 0.5) is 0 Å². The quantitative estimate of drug-likeness (QED) is 0.0272. The second-order valence-electron chi connectivity index (χ2n) is 13.0. The van der Waals surface area contributed by atoms with Gasteiger partial charge in [0.05, 0.1) is 18.8 Å². The molecule has 1 saturated carbocycles. The predicted octanol–water partition coefficient (Wildman–Crippen LogP) is 7.04. The number of allylic oxidation sites excluding steroid dienone is 3. The zero-order valence-electron chi connectivity index (χ0n) is 29.3. The third-order valence-corrected chi connectivity index (χ3v) is 9.09. The maximum atomic E-state index is 12.4. The smallest absolute Gasteiger partial charge is 0.462 e. The van der Waals surface area contributed by atoms with Gasteiger partial charge in [0, 0.05) is 31.1 Å². The Morgan fingerprint density at radius 3 is 2.10 bits per heavy atom. The Morgan fingerprint density at radius 1 is 0.854 bits per heavy atom. The van der Waals surface area contributed by atoms with Crippen LogP contribution in [0.1, 0.15) is 142 Å². The van der Waals surface area contributed by atoms with Crippen LogP contribution >= 0.6 is 7.82 Å². The van der Waals surface area contributed by atoms with E-state index in [0.717, 1.165) is 38.5 Å². The SMILES string of the molecule is CCCCCCCCCCCCC(=O)O[C@H](COC(=O)CCC/C=C\C[C@H]1[C@@H](O)CC(=O)[C@@H]1/C=C/[C@@H](O)CCCCC)COP(=O)(O)O. The van der Waals surface area contributed by atoms with E-state index in [2.05, 4.69) is 18.4 Å². The first kappa shape index (κ1) is 44.1. The molecular weight excluding hydrogens is 639 g/mol. The van der Waals surface area contributed by atoms with E-state index >= 15 is 0 Å². The van der Waals surface area contributed by atoms with E-state index < -0.39 is 50.6 Å². The summed E-state index contributed by atoms with van der Waals surface area (Å²) in [6.07, 6.45) is 21.4. The molecule has 1 fully saturated rings. The predicted molar refractivity (Wildman–Crippen MR) is 185 cm³/mol. The van der Waals surface area contributed by atoms with Crippen LogP contribution in [0.25, 0.3) is 0 Å². The van der Waals surface area contributed by atoms with Gasteiger partial charge in [-0.25, -0.2) is 4.57 Å². The summed E-state index contributed by atoms with van der Waals surface area (Å²) in [5, 5.41) is 20.6. The molecule has 0 amide bonds. The number of carbonyl (C=O) groups excluding carboxylic acids is 3. The number of carbonyl (C=O) groups is 3. The van der Waals surface area contributed by atoms with Gasteiger partial charge in [0.25, 0.3) is 0 Å². The summed E-state index contributed by atoms with van der Waals surface area (Å²) in [6, 6.07) is 0. The number of esters is 2. The van der Waals surface area contributed by atoms with Crippen molar-refractivity contribution in [2.45, 2.75) is 161 Å². The van der Waals surface area contributed by atoms with Crippen LogP contribution in [0.5, 0.6) is 0 Å². The summed E-state index contributed by atoms with van der Waals surface area (Å²) < 4.78 is 26.2. The number of ketones is 1. The molecule has 0 unspecified atom stereocenters. The van der Waals surface area contributed by atoms with Crippen molar-refractivity contribution in [3.8, 4) is 0 Å². The molecule has 1 aliphatic rings. The molecule has 0 aromatic rings. The molecule has 278 valence electrons. The number of hydrogen-bond acceptors (Lipinski definition) is 9. The number of ether oxygens (including phenoxy) is 2. The summed E-state index contributed by atoms with van der Waals surface area (Å²) in [7, 11) is -4.81. The number of aliphatic hydroxyl groups excluding tert-OH is 2. The summed E-state index contributed by atoms with van der Waals surface area (Å²) in [5.41, 5.74) is 0. The maximum Gasteiger partial charge on any atom is 0.469 e. The van der Waals surface area contributed by atoms with Crippen molar-refractivity contribution in [1.29, 1.82) is 0 Å². The van der Waals surface area contributed by atoms with Gasteiger partial charge in [-0.15, -0.1) is 0 Å². The number of aliphatic hydroxyl groups is 2. The second-order valence-corrected chi connectivity index (χ2v) is 14.2. The first-order valence-electron chi connectivity index (χ1n) is 18.2. The molecule has 4 N–H and O–H groups in total. The molecule has 0 saturated heterocycles. The Morgan fingerprint density at radius 2 is 1.46 bits per heavy atom.